The van der Waals surface area contributed by atoms with Crippen molar-refractivity contribution in [3.8, 4) is 12.1 Å². The van der Waals surface area contributed by atoms with Crippen LogP contribution in [-0.4, -0.2) is 5.91 Å². The van der Waals surface area contributed by atoms with Gasteiger partial charge in [-0.3, -0.25) is 4.79 Å². The van der Waals surface area contributed by atoms with Crippen LogP contribution in [0.2, 0.25) is 5.02 Å². The minimum Gasteiger partial charge on any atom is -0.369 e. The quantitative estimate of drug-likeness (QED) is 0.857. The topological polar surface area (TPSA) is 90.7 Å². The van der Waals surface area contributed by atoms with E-state index in [2.05, 4.69) is 0 Å². The maximum atomic E-state index is 11.2. The van der Waals surface area contributed by atoms with Crippen LogP contribution < -0.4 is 5.73 Å². The second-order valence-corrected chi connectivity index (χ2v) is 4.44. The molecular formula is C12H8ClN3O. The number of nitrogens with two attached hydrogens (primary N) is 1. The molecular weight excluding hydrogens is 238 g/mol. The summed E-state index contributed by atoms with van der Waals surface area (Å²) in [5.74, 6) is -1.81. The standard InChI is InChI=1S/C12H8ClN3O/c13-8-3-1-7(2-4-8)9-10(11(16)17)12(9,5-14)6-15/h1-4,9-10H,(H2,16,17)/t9-,10+/m0/s1. The van der Waals surface area contributed by atoms with Crippen LogP contribution in [0, 0.1) is 34.0 Å². The first kappa shape index (κ1) is 11.4. The Morgan fingerprint density at radius 1 is 1.29 bits per heavy atom. The molecule has 0 aliphatic heterocycles. The zero-order chi connectivity index (χ0) is 12.6. The summed E-state index contributed by atoms with van der Waals surface area (Å²) in [6, 6.07) is 10.5. The summed E-state index contributed by atoms with van der Waals surface area (Å²) in [7, 11) is 0. The Balaban J connectivity index is 2.41. The average Bonchev–Trinajstić information content (AvgIpc) is 3.00. The molecule has 2 N–H and O–H groups in total. The predicted octanol–water partition coefficient (Wildman–Crippen LogP) is 1.57. The molecule has 0 bridgehead atoms. The van der Waals surface area contributed by atoms with E-state index in [4.69, 9.17) is 27.9 Å². The highest BCUT2D eigenvalue weighted by atomic mass is 35.5. The molecule has 2 rings (SSSR count). The smallest absolute Gasteiger partial charge is 0.223 e. The largest absolute Gasteiger partial charge is 0.369 e. The number of nitrogens with zero attached hydrogens (tertiary/aromatic N) is 2. The molecule has 84 valence electrons. The van der Waals surface area contributed by atoms with Crippen LogP contribution in [0.5, 0.6) is 0 Å². The first-order valence-electron chi connectivity index (χ1n) is 4.94. The van der Waals surface area contributed by atoms with Gasteiger partial charge in [-0.2, -0.15) is 10.5 Å². The molecule has 1 amide bonds. The number of rotatable bonds is 2. The summed E-state index contributed by atoms with van der Waals surface area (Å²) in [6.07, 6.45) is 0. The molecule has 1 saturated carbocycles. The summed E-state index contributed by atoms with van der Waals surface area (Å²) >= 11 is 5.75. The highest BCUT2D eigenvalue weighted by molar-refractivity contribution is 6.30. The van der Waals surface area contributed by atoms with Gasteiger partial charge in [0.1, 0.15) is 0 Å². The van der Waals surface area contributed by atoms with E-state index in [0.717, 1.165) is 5.56 Å². The number of amides is 1. The lowest BCUT2D eigenvalue weighted by atomic mass is 10.0. The van der Waals surface area contributed by atoms with Crippen molar-refractivity contribution in [2.45, 2.75) is 5.92 Å². The molecule has 2 atom stereocenters. The number of benzene rings is 1. The minimum absolute atomic E-state index is 0.452. The minimum atomic E-state index is -1.32. The van der Waals surface area contributed by atoms with Gasteiger partial charge in [0, 0.05) is 10.9 Å². The normalized spacial score (nSPS) is 24.4. The lowest BCUT2D eigenvalue weighted by Crippen LogP contribution is -2.17. The van der Waals surface area contributed by atoms with E-state index in [1.165, 1.54) is 0 Å². The van der Waals surface area contributed by atoms with Crippen LogP contribution >= 0.6 is 11.6 Å². The molecule has 1 aromatic rings. The summed E-state index contributed by atoms with van der Waals surface area (Å²) in [6.45, 7) is 0. The first-order chi connectivity index (χ1) is 8.06. The number of hydrogen-bond acceptors (Lipinski definition) is 3. The van der Waals surface area contributed by atoms with Gasteiger partial charge >= 0.3 is 0 Å². The number of carbonyl (C=O) groups is 1. The van der Waals surface area contributed by atoms with Crippen molar-refractivity contribution >= 4 is 17.5 Å². The number of hydrogen-bond donors (Lipinski definition) is 1. The first-order valence-corrected chi connectivity index (χ1v) is 5.32. The van der Waals surface area contributed by atoms with E-state index in [1.54, 1.807) is 24.3 Å². The van der Waals surface area contributed by atoms with Crippen molar-refractivity contribution in [3.05, 3.63) is 34.9 Å². The maximum Gasteiger partial charge on any atom is 0.223 e. The summed E-state index contributed by atoms with van der Waals surface area (Å²) < 4.78 is 0. The highest BCUT2D eigenvalue weighted by Crippen LogP contribution is 2.64. The van der Waals surface area contributed by atoms with E-state index >= 15 is 0 Å². The van der Waals surface area contributed by atoms with E-state index in [1.807, 2.05) is 12.1 Å². The predicted molar refractivity (Wildman–Crippen MR) is 60.5 cm³/mol. The summed E-state index contributed by atoms with van der Waals surface area (Å²) in [5, 5.41) is 18.7. The SMILES string of the molecule is N#CC1(C#N)[C@@H](C(N)=O)[C@@H]1c1ccc(Cl)cc1. The highest BCUT2D eigenvalue weighted by Gasteiger charge is 2.70. The van der Waals surface area contributed by atoms with E-state index in [0.29, 0.717) is 5.02 Å². The second kappa shape index (κ2) is 3.76. The fourth-order valence-corrected chi connectivity index (χ4v) is 2.33. The third-order valence-corrected chi connectivity index (χ3v) is 3.36. The van der Waals surface area contributed by atoms with Gasteiger partial charge in [-0.05, 0) is 17.7 Å². The Bertz CT molecular complexity index is 539. The molecule has 4 nitrogen and oxygen atoms in total. The molecule has 0 aromatic heterocycles. The van der Waals surface area contributed by atoms with Crippen molar-refractivity contribution in [1.29, 1.82) is 10.5 Å². The van der Waals surface area contributed by atoms with Crippen LogP contribution in [0.3, 0.4) is 0 Å². The van der Waals surface area contributed by atoms with Crippen LogP contribution in [0.15, 0.2) is 24.3 Å². The third kappa shape index (κ3) is 1.54. The van der Waals surface area contributed by atoms with Gasteiger partial charge in [0.05, 0.1) is 18.1 Å². The van der Waals surface area contributed by atoms with E-state index < -0.39 is 23.2 Å². The van der Waals surface area contributed by atoms with Gasteiger partial charge in [0.15, 0.2) is 5.41 Å². The molecule has 0 heterocycles. The van der Waals surface area contributed by atoms with Crippen molar-refractivity contribution in [2.75, 3.05) is 0 Å². The van der Waals surface area contributed by atoms with Gasteiger partial charge in [-0.25, -0.2) is 0 Å². The second-order valence-electron chi connectivity index (χ2n) is 4.00. The Labute approximate surface area is 103 Å². The van der Waals surface area contributed by atoms with Crippen LogP contribution in [0.25, 0.3) is 0 Å². The number of nitriles is 2. The number of carbonyl (C=O) groups excluding carboxylic acids is 1. The van der Waals surface area contributed by atoms with Gasteiger partial charge in [0.2, 0.25) is 5.91 Å². The van der Waals surface area contributed by atoms with Gasteiger partial charge in [0.25, 0.3) is 0 Å². The van der Waals surface area contributed by atoms with Gasteiger partial charge < -0.3 is 5.73 Å². The molecule has 1 aliphatic rings. The van der Waals surface area contributed by atoms with Crippen LogP contribution in [-0.2, 0) is 4.79 Å². The van der Waals surface area contributed by atoms with Crippen LogP contribution in [0.1, 0.15) is 11.5 Å². The van der Waals surface area contributed by atoms with E-state index in [-0.39, 0.29) is 0 Å². The van der Waals surface area contributed by atoms with Crippen molar-refractivity contribution in [1.82, 2.24) is 0 Å². The average molecular weight is 246 g/mol. The van der Waals surface area contributed by atoms with E-state index in [9.17, 15) is 4.79 Å². The van der Waals surface area contributed by atoms with Gasteiger partial charge in [-0.1, -0.05) is 23.7 Å². The fraction of sp³-hybridized carbons (Fsp3) is 0.250. The fourth-order valence-electron chi connectivity index (χ4n) is 2.21. The Morgan fingerprint density at radius 3 is 2.18 bits per heavy atom. The molecule has 17 heavy (non-hydrogen) atoms. The zero-order valence-electron chi connectivity index (χ0n) is 8.72. The molecule has 1 aliphatic carbocycles. The Kier molecular flexibility index (Phi) is 2.53. The zero-order valence-corrected chi connectivity index (χ0v) is 9.48. The van der Waals surface area contributed by atoms with Crippen molar-refractivity contribution in [3.63, 3.8) is 0 Å². The molecule has 0 spiro atoms. The van der Waals surface area contributed by atoms with Crippen molar-refractivity contribution < 1.29 is 4.79 Å². The molecule has 0 radical (unpaired) electrons. The lowest BCUT2D eigenvalue weighted by molar-refractivity contribution is -0.119. The Morgan fingerprint density at radius 2 is 1.82 bits per heavy atom. The molecule has 5 heteroatoms. The summed E-state index contributed by atoms with van der Waals surface area (Å²) in [5.41, 5.74) is 4.63. The Hall–Kier alpha value is -2.04. The third-order valence-electron chi connectivity index (χ3n) is 3.11. The van der Waals surface area contributed by atoms with Crippen molar-refractivity contribution in [2.24, 2.45) is 17.1 Å². The van der Waals surface area contributed by atoms with Crippen LogP contribution in [0.4, 0.5) is 0 Å². The molecule has 0 saturated heterocycles. The van der Waals surface area contributed by atoms with Gasteiger partial charge in [-0.15, -0.1) is 0 Å². The maximum absolute atomic E-state index is 11.2. The molecule has 1 aromatic carbocycles. The summed E-state index contributed by atoms with van der Waals surface area (Å²) in [4.78, 5) is 11.2. The monoisotopic (exact) mass is 245 g/mol. The lowest BCUT2D eigenvalue weighted by Gasteiger charge is -1.99. The number of primary amides is 1. The molecule has 0 unspecified atom stereocenters. The number of halogens is 1. The molecule has 1 fully saturated rings.